The van der Waals surface area contributed by atoms with Crippen LogP contribution >= 0.6 is 0 Å². The van der Waals surface area contributed by atoms with E-state index in [1.165, 1.54) is 12.1 Å². The molecular weight excluding hydrogens is 188 g/mol. The number of hydrogen-bond donors (Lipinski definition) is 2. The first-order valence-corrected chi connectivity index (χ1v) is 4.33. The summed E-state index contributed by atoms with van der Waals surface area (Å²) in [6, 6.07) is 6.03. The predicted molar refractivity (Wildman–Crippen MR) is 50.2 cm³/mol. The Morgan fingerprint density at radius 3 is 2.71 bits per heavy atom. The van der Waals surface area contributed by atoms with Gasteiger partial charge in [0.1, 0.15) is 6.61 Å². The van der Waals surface area contributed by atoms with Gasteiger partial charge in [0.05, 0.1) is 0 Å². The minimum Gasteiger partial charge on any atom is -0.390 e. The molecule has 0 radical (unpaired) electrons. The van der Waals surface area contributed by atoms with E-state index in [1.807, 2.05) is 0 Å². The van der Waals surface area contributed by atoms with Crippen LogP contribution in [-0.2, 0) is 12.5 Å². The number of aliphatic hydroxyl groups is 1. The smallest absolute Gasteiger partial charge is 0.295 e. The molecule has 0 atom stereocenters. The second-order valence-corrected chi connectivity index (χ2v) is 3.09. The van der Waals surface area contributed by atoms with Crippen LogP contribution in [0.2, 0.25) is 0 Å². The van der Waals surface area contributed by atoms with Gasteiger partial charge in [-0.25, -0.2) is 0 Å². The van der Waals surface area contributed by atoms with Gasteiger partial charge in [-0.2, -0.15) is 8.78 Å². The Kier molecular flexibility index (Phi) is 3.55. The molecule has 0 unspecified atom stereocenters. The van der Waals surface area contributed by atoms with Crippen molar-refractivity contribution < 1.29 is 13.9 Å². The van der Waals surface area contributed by atoms with Crippen molar-refractivity contribution in [1.29, 1.82) is 0 Å². The van der Waals surface area contributed by atoms with Crippen molar-refractivity contribution in [3.8, 4) is 0 Å². The molecule has 0 heterocycles. The summed E-state index contributed by atoms with van der Waals surface area (Å²) in [5.41, 5.74) is 0.630. The van der Waals surface area contributed by atoms with E-state index >= 15 is 0 Å². The first kappa shape index (κ1) is 11.1. The fourth-order valence-electron chi connectivity index (χ4n) is 1.20. The van der Waals surface area contributed by atoms with Gasteiger partial charge in [0.2, 0.25) is 0 Å². The highest BCUT2D eigenvalue weighted by atomic mass is 19.3. The molecular formula is C10H13F2NO. The Hall–Kier alpha value is -1.00. The second kappa shape index (κ2) is 4.48. The summed E-state index contributed by atoms with van der Waals surface area (Å²) in [6.07, 6.45) is 0. The maximum atomic E-state index is 13.0. The molecule has 14 heavy (non-hydrogen) atoms. The molecule has 2 N–H and O–H groups in total. The number of rotatable bonds is 4. The van der Waals surface area contributed by atoms with Crippen molar-refractivity contribution in [2.24, 2.45) is 0 Å². The van der Waals surface area contributed by atoms with Gasteiger partial charge in [0.25, 0.3) is 5.92 Å². The summed E-state index contributed by atoms with van der Waals surface area (Å²) < 4.78 is 26.1. The van der Waals surface area contributed by atoms with Crippen LogP contribution in [0.15, 0.2) is 24.3 Å². The van der Waals surface area contributed by atoms with Crippen LogP contribution in [0.25, 0.3) is 0 Å². The average molecular weight is 201 g/mol. The van der Waals surface area contributed by atoms with E-state index in [0.29, 0.717) is 6.54 Å². The predicted octanol–water partition coefficient (Wildman–Crippen LogP) is 1.49. The number of halogens is 2. The van der Waals surface area contributed by atoms with Crippen molar-refractivity contribution in [1.82, 2.24) is 5.32 Å². The number of alkyl halides is 2. The Labute approximate surface area is 81.6 Å². The van der Waals surface area contributed by atoms with Gasteiger partial charge in [0, 0.05) is 12.1 Å². The van der Waals surface area contributed by atoms with Crippen LogP contribution in [0.1, 0.15) is 11.1 Å². The van der Waals surface area contributed by atoms with Crippen LogP contribution in [0.5, 0.6) is 0 Å². The fraction of sp³-hybridized carbons (Fsp3) is 0.400. The first-order chi connectivity index (χ1) is 6.60. The van der Waals surface area contributed by atoms with Crippen LogP contribution in [0, 0.1) is 0 Å². The Bertz CT molecular complexity index is 302. The van der Waals surface area contributed by atoms with E-state index in [4.69, 9.17) is 5.11 Å². The molecule has 0 aliphatic carbocycles. The lowest BCUT2D eigenvalue weighted by Crippen LogP contribution is -2.19. The molecule has 78 valence electrons. The minimum atomic E-state index is -3.15. The van der Waals surface area contributed by atoms with Crippen molar-refractivity contribution >= 4 is 0 Å². The zero-order valence-corrected chi connectivity index (χ0v) is 7.93. The van der Waals surface area contributed by atoms with Crippen LogP contribution in [0.3, 0.4) is 0 Å². The van der Waals surface area contributed by atoms with Gasteiger partial charge in [0.15, 0.2) is 0 Å². The Balaban J connectivity index is 2.93. The molecule has 0 saturated heterocycles. The van der Waals surface area contributed by atoms with E-state index in [1.54, 1.807) is 19.2 Å². The van der Waals surface area contributed by atoms with Crippen molar-refractivity contribution in [2.75, 3.05) is 13.7 Å². The molecule has 0 bridgehead atoms. The first-order valence-electron chi connectivity index (χ1n) is 4.33. The highest BCUT2D eigenvalue weighted by Crippen LogP contribution is 2.27. The quantitative estimate of drug-likeness (QED) is 0.773. The van der Waals surface area contributed by atoms with Crippen molar-refractivity contribution in [3.05, 3.63) is 35.4 Å². The van der Waals surface area contributed by atoms with Crippen LogP contribution < -0.4 is 5.32 Å². The van der Waals surface area contributed by atoms with Gasteiger partial charge < -0.3 is 10.4 Å². The van der Waals surface area contributed by atoms with Crippen LogP contribution in [0.4, 0.5) is 8.78 Å². The molecule has 2 nitrogen and oxygen atoms in total. The van der Waals surface area contributed by atoms with E-state index in [2.05, 4.69) is 5.32 Å². The standard InChI is InChI=1S/C10H13F2NO/c1-13-6-8-3-2-4-9(5-8)10(11,12)7-14/h2-5,13-14H,6-7H2,1H3. The van der Waals surface area contributed by atoms with E-state index < -0.39 is 12.5 Å². The van der Waals surface area contributed by atoms with Gasteiger partial charge in [-0.05, 0) is 18.7 Å². The number of benzene rings is 1. The monoisotopic (exact) mass is 201 g/mol. The van der Waals surface area contributed by atoms with E-state index in [9.17, 15) is 8.78 Å². The molecule has 0 fully saturated rings. The molecule has 0 saturated carbocycles. The third kappa shape index (κ3) is 2.49. The topological polar surface area (TPSA) is 32.3 Å². The summed E-state index contributed by atoms with van der Waals surface area (Å²) >= 11 is 0. The third-order valence-corrected chi connectivity index (χ3v) is 1.93. The molecule has 0 amide bonds. The molecule has 0 aromatic heterocycles. The summed E-state index contributed by atoms with van der Waals surface area (Å²) in [5.74, 6) is -3.15. The van der Waals surface area contributed by atoms with E-state index in [-0.39, 0.29) is 5.56 Å². The zero-order valence-electron chi connectivity index (χ0n) is 7.93. The maximum absolute atomic E-state index is 13.0. The Morgan fingerprint density at radius 1 is 1.43 bits per heavy atom. The Morgan fingerprint density at radius 2 is 2.14 bits per heavy atom. The molecule has 0 aliphatic rings. The molecule has 4 heteroatoms. The zero-order chi connectivity index (χ0) is 10.6. The molecule has 0 aliphatic heterocycles. The lowest BCUT2D eigenvalue weighted by atomic mass is 10.1. The molecule has 1 rings (SSSR count). The van der Waals surface area contributed by atoms with Crippen LogP contribution in [-0.4, -0.2) is 18.8 Å². The second-order valence-electron chi connectivity index (χ2n) is 3.09. The maximum Gasteiger partial charge on any atom is 0.295 e. The molecule has 0 spiro atoms. The lowest BCUT2D eigenvalue weighted by Gasteiger charge is -2.14. The fourth-order valence-corrected chi connectivity index (χ4v) is 1.20. The molecule has 1 aromatic rings. The summed E-state index contributed by atoms with van der Waals surface area (Å²) in [5, 5.41) is 11.4. The van der Waals surface area contributed by atoms with Gasteiger partial charge >= 0.3 is 0 Å². The van der Waals surface area contributed by atoms with Gasteiger partial charge in [-0.1, -0.05) is 18.2 Å². The van der Waals surface area contributed by atoms with Gasteiger partial charge in [-0.3, -0.25) is 0 Å². The van der Waals surface area contributed by atoms with Gasteiger partial charge in [-0.15, -0.1) is 0 Å². The highest BCUT2D eigenvalue weighted by Gasteiger charge is 2.30. The summed E-state index contributed by atoms with van der Waals surface area (Å²) in [4.78, 5) is 0. The summed E-state index contributed by atoms with van der Waals surface area (Å²) in [6.45, 7) is -0.620. The SMILES string of the molecule is CNCc1cccc(C(F)(F)CO)c1. The highest BCUT2D eigenvalue weighted by molar-refractivity contribution is 5.26. The minimum absolute atomic E-state index is 0.146. The van der Waals surface area contributed by atoms with Crippen molar-refractivity contribution in [3.63, 3.8) is 0 Å². The normalized spacial score (nSPS) is 11.7. The number of nitrogens with one attached hydrogen (secondary N) is 1. The lowest BCUT2D eigenvalue weighted by molar-refractivity contribution is -0.0556. The largest absolute Gasteiger partial charge is 0.390 e. The third-order valence-electron chi connectivity index (χ3n) is 1.93. The number of aliphatic hydroxyl groups excluding tert-OH is 1. The summed E-state index contributed by atoms with van der Waals surface area (Å²) in [7, 11) is 1.75. The van der Waals surface area contributed by atoms with E-state index in [0.717, 1.165) is 5.56 Å². The molecule has 1 aromatic carbocycles. The average Bonchev–Trinajstić information content (AvgIpc) is 2.19. The van der Waals surface area contributed by atoms with Crippen molar-refractivity contribution in [2.45, 2.75) is 12.5 Å². The number of hydrogen-bond acceptors (Lipinski definition) is 2.